The average molecular weight is 452 g/mol. The van der Waals surface area contributed by atoms with E-state index in [1.807, 2.05) is 0 Å². The maximum atomic E-state index is 12.6. The zero-order valence-electron chi connectivity index (χ0n) is 17.0. The molecule has 2 aromatic carbocycles. The lowest BCUT2D eigenvalue weighted by Gasteiger charge is -2.18. The molecular formula is C21H26ClN3O4S. The fourth-order valence-electron chi connectivity index (χ4n) is 2.82. The smallest absolute Gasteiger partial charge is 0.251 e. The van der Waals surface area contributed by atoms with Crippen molar-refractivity contribution in [3.63, 3.8) is 0 Å². The molecule has 0 radical (unpaired) electrons. The van der Waals surface area contributed by atoms with Gasteiger partial charge < -0.3 is 10.6 Å². The predicted octanol–water partition coefficient (Wildman–Crippen LogP) is 3.52. The summed E-state index contributed by atoms with van der Waals surface area (Å²) < 4.78 is 26.6. The summed E-state index contributed by atoms with van der Waals surface area (Å²) in [6.45, 7) is 4.53. The Labute approximate surface area is 182 Å². The lowest BCUT2D eigenvalue weighted by molar-refractivity contribution is -0.116. The molecule has 2 aromatic rings. The number of nitrogens with one attached hydrogen (secondary N) is 2. The van der Waals surface area contributed by atoms with E-state index in [-0.39, 0.29) is 28.7 Å². The molecule has 7 nitrogen and oxygen atoms in total. The number of benzene rings is 2. The predicted molar refractivity (Wildman–Crippen MR) is 118 cm³/mol. The minimum atomic E-state index is -3.63. The number of anilines is 1. The molecule has 0 unspecified atom stereocenters. The Morgan fingerprint density at radius 1 is 1.03 bits per heavy atom. The zero-order valence-corrected chi connectivity index (χ0v) is 18.6. The van der Waals surface area contributed by atoms with E-state index in [0.717, 1.165) is 0 Å². The van der Waals surface area contributed by atoms with Crippen molar-refractivity contribution in [2.45, 2.75) is 31.6 Å². The summed E-state index contributed by atoms with van der Waals surface area (Å²) in [5.41, 5.74) is 0.911. The SMILES string of the molecule is CCN(CC)S(=O)(=O)c1cccc(C(=O)NCCCC(=O)Nc2ccc(Cl)cc2)c1. The van der Waals surface area contributed by atoms with Crippen LogP contribution in [0.1, 0.15) is 37.0 Å². The van der Waals surface area contributed by atoms with E-state index in [2.05, 4.69) is 10.6 Å². The summed E-state index contributed by atoms with van der Waals surface area (Å²) in [6, 6.07) is 12.7. The third-order valence-electron chi connectivity index (χ3n) is 4.43. The second-order valence-electron chi connectivity index (χ2n) is 6.53. The minimum Gasteiger partial charge on any atom is -0.352 e. The van der Waals surface area contributed by atoms with Gasteiger partial charge in [0.05, 0.1) is 4.90 Å². The van der Waals surface area contributed by atoms with Crippen molar-refractivity contribution in [2.24, 2.45) is 0 Å². The van der Waals surface area contributed by atoms with Gasteiger partial charge in [-0.25, -0.2) is 8.42 Å². The normalized spacial score (nSPS) is 11.3. The van der Waals surface area contributed by atoms with Crippen LogP contribution in [0, 0.1) is 0 Å². The van der Waals surface area contributed by atoms with Crippen molar-refractivity contribution >= 4 is 39.1 Å². The Kier molecular flexibility index (Phi) is 8.83. The van der Waals surface area contributed by atoms with Gasteiger partial charge in [0.25, 0.3) is 5.91 Å². The first-order valence-corrected chi connectivity index (χ1v) is 11.5. The van der Waals surface area contributed by atoms with Crippen LogP contribution in [0.5, 0.6) is 0 Å². The van der Waals surface area contributed by atoms with Crippen LogP contribution >= 0.6 is 11.6 Å². The third kappa shape index (κ3) is 6.55. The number of amides is 2. The molecule has 0 heterocycles. The summed E-state index contributed by atoms with van der Waals surface area (Å²) in [6.07, 6.45) is 0.682. The maximum Gasteiger partial charge on any atom is 0.251 e. The van der Waals surface area contributed by atoms with Gasteiger partial charge in [0.1, 0.15) is 0 Å². The van der Waals surface area contributed by atoms with Gasteiger partial charge in [0.15, 0.2) is 0 Å². The second kappa shape index (κ2) is 11.1. The van der Waals surface area contributed by atoms with Gasteiger partial charge in [0, 0.05) is 42.3 Å². The maximum absolute atomic E-state index is 12.6. The van der Waals surface area contributed by atoms with Gasteiger partial charge in [-0.2, -0.15) is 4.31 Å². The number of carbonyl (C=O) groups excluding carboxylic acids is 2. The summed E-state index contributed by atoms with van der Waals surface area (Å²) in [7, 11) is -3.63. The number of nitrogens with zero attached hydrogens (tertiary/aromatic N) is 1. The molecule has 0 aromatic heterocycles. The highest BCUT2D eigenvalue weighted by molar-refractivity contribution is 7.89. The van der Waals surface area contributed by atoms with Crippen molar-refractivity contribution in [2.75, 3.05) is 25.0 Å². The zero-order chi connectivity index (χ0) is 22.1. The molecule has 0 atom stereocenters. The molecule has 0 spiro atoms. The van der Waals surface area contributed by atoms with Crippen LogP contribution in [0.2, 0.25) is 5.02 Å². The Morgan fingerprint density at radius 3 is 2.33 bits per heavy atom. The molecule has 0 bridgehead atoms. The topological polar surface area (TPSA) is 95.6 Å². The number of halogens is 1. The number of hydrogen-bond acceptors (Lipinski definition) is 4. The number of carbonyl (C=O) groups is 2. The number of sulfonamides is 1. The molecular weight excluding hydrogens is 426 g/mol. The highest BCUT2D eigenvalue weighted by Gasteiger charge is 2.22. The lowest BCUT2D eigenvalue weighted by Crippen LogP contribution is -2.31. The molecule has 9 heteroatoms. The third-order valence-corrected chi connectivity index (χ3v) is 6.73. The summed E-state index contributed by atoms with van der Waals surface area (Å²) >= 11 is 5.81. The second-order valence-corrected chi connectivity index (χ2v) is 8.91. The molecule has 162 valence electrons. The molecule has 0 saturated carbocycles. The lowest BCUT2D eigenvalue weighted by atomic mass is 10.2. The number of hydrogen-bond donors (Lipinski definition) is 2. The molecule has 2 amide bonds. The first-order chi connectivity index (χ1) is 14.3. The highest BCUT2D eigenvalue weighted by atomic mass is 35.5. The molecule has 0 saturated heterocycles. The van der Waals surface area contributed by atoms with Crippen LogP contribution in [0.4, 0.5) is 5.69 Å². The van der Waals surface area contributed by atoms with Gasteiger partial charge in [-0.3, -0.25) is 9.59 Å². The Morgan fingerprint density at radius 2 is 1.70 bits per heavy atom. The molecule has 2 N–H and O–H groups in total. The fourth-order valence-corrected chi connectivity index (χ4v) is 4.45. The van der Waals surface area contributed by atoms with Gasteiger partial charge in [0.2, 0.25) is 15.9 Å². The van der Waals surface area contributed by atoms with Gasteiger partial charge in [-0.15, -0.1) is 0 Å². The summed E-state index contributed by atoms with van der Waals surface area (Å²) in [5.74, 6) is -0.552. The Bertz CT molecular complexity index is 974. The highest BCUT2D eigenvalue weighted by Crippen LogP contribution is 2.17. The largest absolute Gasteiger partial charge is 0.352 e. The minimum absolute atomic E-state index is 0.0844. The van der Waals surface area contributed by atoms with Crippen molar-refractivity contribution < 1.29 is 18.0 Å². The summed E-state index contributed by atoms with van der Waals surface area (Å²) in [4.78, 5) is 24.4. The molecule has 0 aliphatic rings. The van der Waals surface area contributed by atoms with Crippen LogP contribution < -0.4 is 10.6 Å². The van der Waals surface area contributed by atoms with Gasteiger partial charge in [-0.05, 0) is 48.9 Å². The van der Waals surface area contributed by atoms with Gasteiger partial charge >= 0.3 is 0 Å². The molecule has 0 fully saturated rings. The van der Waals surface area contributed by atoms with Crippen LogP contribution in [0.25, 0.3) is 0 Å². The molecule has 30 heavy (non-hydrogen) atoms. The van der Waals surface area contributed by atoms with Crippen molar-refractivity contribution in [1.29, 1.82) is 0 Å². The number of rotatable bonds is 10. The van der Waals surface area contributed by atoms with Crippen LogP contribution in [-0.4, -0.2) is 44.2 Å². The van der Waals surface area contributed by atoms with E-state index >= 15 is 0 Å². The van der Waals surface area contributed by atoms with Gasteiger partial charge in [-0.1, -0.05) is 31.5 Å². The molecule has 0 aliphatic heterocycles. The van der Waals surface area contributed by atoms with E-state index in [4.69, 9.17) is 11.6 Å². The first-order valence-electron chi connectivity index (χ1n) is 9.71. The van der Waals surface area contributed by atoms with E-state index in [0.29, 0.717) is 36.8 Å². The van der Waals surface area contributed by atoms with Crippen molar-refractivity contribution in [3.05, 3.63) is 59.1 Å². The average Bonchev–Trinajstić information content (AvgIpc) is 2.73. The van der Waals surface area contributed by atoms with E-state index < -0.39 is 10.0 Å². The quantitative estimate of drug-likeness (QED) is 0.540. The van der Waals surface area contributed by atoms with Crippen molar-refractivity contribution in [3.8, 4) is 0 Å². The monoisotopic (exact) mass is 451 g/mol. The molecule has 0 aliphatic carbocycles. The van der Waals surface area contributed by atoms with E-state index in [1.165, 1.54) is 16.4 Å². The van der Waals surface area contributed by atoms with E-state index in [1.54, 1.807) is 50.2 Å². The Balaban J connectivity index is 1.86. The van der Waals surface area contributed by atoms with Crippen LogP contribution in [0.3, 0.4) is 0 Å². The first kappa shape index (κ1) is 23.9. The standard InChI is InChI=1S/C21H26ClN3O4S/c1-3-25(4-2)30(28,29)19-8-5-7-16(15-19)21(27)23-14-6-9-20(26)24-18-12-10-17(22)11-13-18/h5,7-8,10-13,15H,3-4,6,9,14H2,1-2H3,(H,23,27)(H,24,26). The van der Waals surface area contributed by atoms with Crippen LogP contribution in [0.15, 0.2) is 53.4 Å². The summed E-state index contributed by atoms with van der Waals surface area (Å²) in [5, 5.41) is 6.06. The fraction of sp³-hybridized carbons (Fsp3) is 0.333. The van der Waals surface area contributed by atoms with Crippen molar-refractivity contribution in [1.82, 2.24) is 9.62 Å². The van der Waals surface area contributed by atoms with E-state index in [9.17, 15) is 18.0 Å². The van der Waals surface area contributed by atoms with Crippen LogP contribution in [-0.2, 0) is 14.8 Å². The Hall–Kier alpha value is -2.42. The molecule has 2 rings (SSSR count).